The lowest BCUT2D eigenvalue weighted by Gasteiger charge is -2.27. The Kier molecular flexibility index (Phi) is 5.53. The van der Waals surface area contributed by atoms with Crippen LogP contribution in [0, 0.1) is 12.7 Å². The van der Waals surface area contributed by atoms with Crippen LogP contribution in [-0.4, -0.2) is 34.8 Å². The van der Waals surface area contributed by atoms with Crippen LogP contribution in [0.3, 0.4) is 0 Å². The number of rotatable bonds is 5. The number of anilines is 2. The first-order valence-corrected chi connectivity index (χ1v) is 10.2. The van der Waals surface area contributed by atoms with Crippen molar-refractivity contribution in [1.82, 2.24) is 4.90 Å². The number of aryl methyl sites for hydroxylation is 1. The van der Waals surface area contributed by atoms with Crippen molar-refractivity contribution in [2.24, 2.45) is 0 Å². The molecule has 1 aliphatic carbocycles. The average Bonchev–Trinajstić information content (AvgIpc) is 3.31. The lowest BCUT2D eigenvalue weighted by atomic mass is 10.1. The number of imide groups is 1. The van der Waals surface area contributed by atoms with E-state index >= 15 is 0 Å². The van der Waals surface area contributed by atoms with E-state index in [9.17, 15) is 18.8 Å². The number of benzene rings is 2. The van der Waals surface area contributed by atoms with Crippen LogP contribution in [0.15, 0.2) is 48.5 Å². The lowest BCUT2D eigenvalue weighted by Crippen LogP contribution is -2.43. The Hall–Kier alpha value is -3.22. The maximum atomic E-state index is 13.3. The van der Waals surface area contributed by atoms with Gasteiger partial charge in [0, 0.05) is 11.7 Å². The van der Waals surface area contributed by atoms with Gasteiger partial charge in [-0.25, -0.2) is 14.1 Å². The van der Waals surface area contributed by atoms with E-state index in [1.54, 1.807) is 23.1 Å². The van der Waals surface area contributed by atoms with Crippen LogP contribution in [-0.2, 0) is 9.59 Å². The van der Waals surface area contributed by atoms with E-state index in [0.717, 1.165) is 31.2 Å². The van der Waals surface area contributed by atoms with Crippen molar-refractivity contribution in [1.29, 1.82) is 0 Å². The minimum Gasteiger partial charge on any atom is -0.326 e. The highest BCUT2D eigenvalue weighted by Gasteiger charge is 2.49. The minimum atomic E-state index is -0.846. The molecule has 7 heteroatoms. The Morgan fingerprint density at radius 1 is 1.10 bits per heavy atom. The molecular weight excluding hydrogens is 385 g/mol. The van der Waals surface area contributed by atoms with Gasteiger partial charge in [-0.2, -0.15) is 0 Å². The van der Waals surface area contributed by atoms with Crippen molar-refractivity contribution in [2.75, 3.05) is 10.2 Å². The zero-order valence-corrected chi connectivity index (χ0v) is 16.8. The number of halogens is 1. The SMILES string of the molecule is Cc1cccc(N2C(=O)[C@H](CC(=O)Nc3ccc(F)cc3)N(C3CCCC3)C2=O)c1. The molecule has 4 rings (SSSR count). The van der Waals surface area contributed by atoms with Crippen LogP contribution in [0.2, 0.25) is 0 Å². The summed E-state index contributed by atoms with van der Waals surface area (Å²) < 4.78 is 13.1. The summed E-state index contributed by atoms with van der Waals surface area (Å²) in [5.41, 5.74) is 1.91. The first-order valence-electron chi connectivity index (χ1n) is 10.2. The fourth-order valence-corrected chi connectivity index (χ4v) is 4.32. The fraction of sp³-hybridized carbons (Fsp3) is 0.348. The van der Waals surface area contributed by atoms with E-state index in [1.807, 2.05) is 13.0 Å². The predicted molar refractivity (Wildman–Crippen MR) is 112 cm³/mol. The molecule has 30 heavy (non-hydrogen) atoms. The topological polar surface area (TPSA) is 69.7 Å². The van der Waals surface area contributed by atoms with Gasteiger partial charge >= 0.3 is 6.03 Å². The molecule has 0 unspecified atom stereocenters. The quantitative estimate of drug-likeness (QED) is 0.751. The summed E-state index contributed by atoms with van der Waals surface area (Å²) in [6.07, 6.45) is 3.53. The summed E-state index contributed by atoms with van der Waals surface area (Å²) >= 11 is 0. The van der Waals surface area contributed by atoms with Crippen LogP contribution in [0.5, 0.6) is 0 Å². The Bertz CT molecular complexity index is 970. The number of carbonyl (C=O) groups excluding carboxylic acids is 3. The monoisotopic (exact) mass is 409 g/mol. The number of nitrogens with one attached hydrogen (secondary N) is 1. The van der Waals surface area contributed by atoms with Crippen molar-refractivity contribution < 1.29 is 18.8 Å². The van der Waals surface area contributed by atoms with Crippen LogP contribution in [0.1, 0.15) is 37.7 Å². The molecule has 0 aromatic heterocycles. The second-order valence-corrected chi connectivity index (χ2v) is 7.92. The van der Waals surface area contributed by atoms with Crippen LogP contribution < -0.4 is 10.2 Å². The van der Waals surface area contributed by atoms with Crippen molar-refractivity contribution in [2.45, 2.75) is 51.1 Å². The zero-order chi connectivity index (χ0) is 21.3. The molecule has 1 heterocycles. The Morgan fingerprint density at radius 3 is 2.47 bits per heavy atom. The second-order valence-electron chi connectivity index (χ2n) is 7.92. The molecule has 0 radical (unpaired) electrons. The van der Waals surface area contributed by atoms with Gasteiger partial charge < -0.3 is 10.2 Å². The number of amides is 4. The number of hydrogen-bond acceptors (Lipinski definition) is 3. The van der Waals surface area contributed by atoms with E-state index in [4.69, 9.17) is 0 Å². The average molecular weight is 409 g/mol. The Morgan fingerprint density at radius 2 is 1.80 bits per heavy atom. The fourth-order valence-electron chi connectivity index (χ4n) is 4.32. The zero-order valence-electron chi connectivity index (χ0n) is 16.8. The highest BCUT2D eigenvalue weighted by Crippen LogP contribution is 2.34. The van der Waals surface area contributed by atoms with Gasteiger partial charge in [0.05, 0.1) is 12.1 Å². The third kappa shape index (κ3) is 3.92. The smallest absolute Gasteiger partial charge is 0.326 e. The highest BCUT2D eigenvalue weighted by atomic mass is 19.1. The van der Waals surface area contributed by atoms with Crippen molar-refractivity contribution in [3.05, 3.63) is 59.9 Å². The lowest BCUT2D eigenvalue weighted by molar-refractivity contribution is -0.124. The van der Waals surface area contributed by atoms with Gasteiger partial charge in [-0.3, -0.25) is 9.59 Å². The van der Waals surface area contributed by atoms with E-state index in [2.05, 4.69) is 5.32 Å². The standard InChI is InChI=1S/C23H24FN3O3/c1-15-5-4-8-19(13-15)27-22(29)20(26(23(27)30)18-6-2-3-7-18)14-21(28)25-17-11-9-16(24)10-12-17/h4-5,8-13,18,20H,2-3,6-7,14H2,1H3,(H,25,28)/t20-/m0/s1. The van der Waals surface area contributed by atoms with Gasteiger partial charge in [-0.1, -0.05) is 25.0 Å². The molecule has 6 nitrogen and oxygen atoms in total. The summed E-state index contributed by atoms with van der Waals surface area (Å²) in [5.74, 6) is -1.17. The van der Waals surface area contributed by atoms with Crippen LogP contribution >= 0.6 is 0 Å². The maximum absolute atomic E-state index is 13.3. The van der Waals surface area contributed by atoms with E-state index < -0.39 is 11.9 Å². The summed E-state index contributed by atoms with van der Waals surface area (Å²) in [4.78, 5) is 42.0. The molecule has 1 saturated carbocycles. The maximum Gasteiger partial charge on any atom is 0.332 e. The van der Waals surface area contributed by atoms with Gasteiger partial charge in [-0.05, 0) is 61.7 Å². The molecule has 2 fully saturated rings. The third-order valence-corrected chi connectivity index (χ3v) is 5.74. The molecule has 4 amide bonds. The Balaban J connectivity index is 1.58. The first-order chi connectivity index (χ1) is 14.4. The van der Waals surface area contributed by atoms with E-state index in [1.165, 1.54) is 29.2 Å². The van der Waals surface area contributed by atoms with Gasteiger partial charge in [0.15, 0.2) is 0 Å². The Labute approximate surface area is 174 Å². The molecule has 0 bridgehead atoms. The molecule has 156 valence electrons. The van der Waals surface area contributed by atoms with Gasteiger partial charge in [-0.15, -0.1) is 0 Å². The van der Waals surface area contributed by atoms with Crippen LogP contribution in [0.4, 0.5) is 20.6 Å². The predicted octanol–water partition coefficient (Wildman–Crippen LogP) is 4.24. The summed E-state index contributed by atoms with van der Waals surface area (Å²) in [6.45, 7) is 1.90. The second kappa shape index (κ2) is 8.26. The molecule has 1 aliphatic heterocycles. The molecule has 2 aromatic rings. The number of urea groups is 1. The largest absolute Gasteiger partial charge is 0.332 e. The first kappa shape index (κ1) is 20.1. The molecule has 1 N–H and O–H groups in total. The van der Waals surface area contributed by atoms with Gasteiger partial charge in [0.1, 0.15) is 11.9 Å². The highest BCUT2D eigenvalue weighted by molar-refractivity contribution is 6.22. The van der Waals surface area contributed by atoms with Crippen molar-refractivity contribution >= 4 is 29.2 Å². The van der Waals surface area contributed by atoms with Gasteiger partial charge in [0.25, 0.3) is 5.91 Å². The minimum absolute atomic E-state index is 0.0418. The van der Waals surface area contributed by atoms with E-state index in [-0.39, 0.29) is 30.3 Å². The molecule has 2 aliphatic rings. The summed E-state index contributed by atoms with van der Waals surface area (Å²) in [6, 6.07) is 11.4. The molecule has 0 spiro atoms. The normalized spacial score (nSPS) is 19.6. The number of hydrogen-bond donors (Lipinski definition) is 1. The third-order valence-electron chi connectivity index (χ3n) is 5.74. The molecule has 1 atom stereocenters. The van der Waals surface area contributed by atoms with Crippen LogP contribution in [0.25, 0.3) is 0 Å². The molecule has 1 saturated heterocycles. The molecule has 2 aromatic carbocycles. The van der Waals surface area contributed by atoms with E-state index in [0.29, 0.717) is 11.4 Å². The number of carbonyl (C=O) groups is 3. The molecular formula is C23H24FN3O3. The van der Waals surface area contributed by atoms with Crippen molar-refractivity contribution in [3.8, 4) is 0 Å². The summed E-state index contributed by atoms with van der Waals surface area (Å²) in [7, 11) is 0. The van der Waals surface area contributed by atoms with Gasteiger partial charge in [0.2, 0.25) is 5.91 Å². The number of nitrogens with zero attached hydrogens (tertiary/aromatic N) is 2. The summed E-state index contributed by atoms with van der Waals surface area (Å²) in [5, 5.41) is 2.69. The van der Waals surface area contributed by atoms with Crippen molar-refractivity contribution in [3.63, 3.8) is 0 Å².